The summed E-state index contributed by atoms with van der Waals surface area (Å²) in [7, 11) is 0. The summed E-state index contributed by atoms with van der Waals surface area (Å²) in [5, 5.41) is 6.22. The summed E-state index contributed by atoms with van der Waals surface area (Å²) >= 11 is 0. The first kappa shape index (κ1) is 27.4. The van der Waals surface area contributed by atoms with Crippen molar-refractivity contribution in [3.05, 3.63) is 82.9 Å². The summed E-state index contributed by atoms with van der Waals surface area (Å²) in [4.78, 5) is 24.8. The van der Waals surface area contributed by atoms with Gasteiger partial charge in [0, 0.05) is 24.2 Å². The Morgan fingerprint density at radius 2 is 0.917 bits per heavy atom. The van der Waals surface area contributed by atoms with Crippen LogP contribution >= 0.6 is 0 Å². The number of amides is 2. The summed E-state index contributed by atoms with van der Waals surface area (Å²) in [5.41, 5.74) is 4.82. The Labute approximate surface area is 217 Å². The maximum atomic E-state index is 12.4. The lowest BCUT2D eigenvalue weighted by atomic mass is 9.87. The normalized spacial score (nSPS) is 18.9. The van der Waals surface area contributed by atoms with Crippen LogP contribution < -0.4 is 10.6 Å². The number of hydrogen-bond donors (Lipinski definition) is 2. The van der Waals surface area contributed by atoms with Crippen molar-refractivity contribution >= 4 is 24.0 Å². The fourth-order valence-corrected chi connectivity index (χ4v) is 4.41. The quantitative estimate of drug-likeness (QED) is 0.455. The van der Waals surface area contributed by atoms with E-state index in [-0.39, 0.29) is 34.7 Å². The van der Waals surface area contributed by atoms with Crippen molar-refractivity contribution in [1.29, 1.82) is 0 Å². The Kier molecular flexibility index (Phi) is 8.94. The van der Waals surface area contributed by atoms with Gasteiger partial charge in [-0.15, -0.1) is 0 Å². The second-order valence-electron chi connectivity index (χ2n) is 12.0. The minimum atomic E-state index is -0.0669. The smallest absolute Gasteiger partial charge is 0.244 e. The molecule has 3 rings (SSSR count). The SMILES string of the molecule is CC(C)(C)c1ccc(C=CC(=O)NC2CCC(NC(=O)C=Cc3ccc(C(C)(C)C)cc3)CC2)cc1. The first-order valence-corrected chi connectivity index (χ1v) is 13.1. The van der Waals surface area contributed by atoms with Gasteiger partial charge < -0.3 is 10.6 Å². The van der Waals surface area contributed by atoms with Crippen LogP contribution in [0.25, 0.3) is 12.2 Å². The topological polar surface area (TPSA) is 58.2 Å². The molecule has 1 aliphatic rings. The highest BCUT2D eigenvalue weighted by molar-refractivity contribution is 5.92. The van der Waals surface area contributed by atoms with Gasteiger partial charge in [-0.1, -0.05) is 90.1 Å². The van der Waals surface area contributed by atoms with E-state index < -0.39 is 0 Å². The van der Waals surface area contributed by atoms with E-state index in [0.29, 0.717) is 0 Å². The molecule has 2 aromatic carbocycles. The molecular weight excluding hydrogens is 444 g/mol. The van der Waals surface area contributed by atoms with Gasteiger partial charge in [-0.3, -0.25) is 9.59 Å². The predicted molar refractivity (Wildman–Crippen MR) is 151 cm³/mol. The largest absolute Gasteiger partial charge is 0.350 e. The van der Waals surface area contributed by atoms with Crippen LogP contribution in [0.15, 0.2) is 60.7 Å². The van der Waals surface area contributed by atoms with Crippen LogP contribution in [-0.4, -0.2) is 23.9 Å². The minimum absolute atomic E-state index is 0.0669. The number of rotatable bonds is 6. The van der Waals surface area contributed by atoms with Gasteiger partial charge in [0.1, 0.15) is 0 Å². The minimum Gasteiger partial charge on any atom is -0.350 e. The van der Waals surface area contributed by atoms with Crippen molar-refractivity contribution < 1.29 is 9.59 Å². The molecule has 1 saturated carbocycles. The molecule has 2 amide bonds. The van der Waals surface area contributed by atoms with Gasteiger partial charge in [0.15, 0.2) is 0 Å². The number of nitrogens with one attached hydrogen (secondary N) is 2. The molecule has 0 radical (unpaired) electrons. The van der Waals surface area contributed by atoms with E-state index in [9.17, 15) is 9.59 Å². The average molecular weight is 487 g/mol. The molecule has 0 aromatic heterocycles. The zero-order valence-electron chi connectivity index (χ0n) is 22.7. The lowest BCUT2D eigenvalue weighted by Gasteiger charge is -2.29. The molecule has 1 aliphatic carbocycles. The molecule has 0 saturated heterocycles. The second kappa shape index (κ2) is 11.7. The molecule has 2 N–H and O–H groups in total. The van der Waals surface area contributed by atoms with Crippen molar-refractivity contribution in [3.63, 3.8) is 0 Å². The van der Waals surface area contributed by atoms with Crippen molar-refractivity contribution in [3.8, 4) is 0 Å². The molecule has 192 valence electrons. The summed E-state index contributed by atoms with van der Waals surface area (Å²) in [5.74, 6) is -0.134. The lowest BCUT2D eigenvalue weighted by molar-refractivity contribution is -0.118. The van der Waals surface area contributed by atoms with Crippen LogP contribution in [0.2, 0.25) is 0 Å². The van der Waals surface area contributed by atoms with Crippen LogP contribution in [0, 0.1) is 0 Å². The maximum Gasteiger partial charge on any atom is 0.244 e. The van der Waals surface area contributed by atoms with Crippen LogP contribution in [0.5, 0.6) is 0 Å². The maximum absolute atomic E-state index is 12.4. The molecule has 0 aliphatic heterocycles. The van der Waals surface area contributed by atoms with Gasteiger partial charge in [0.2, 0.25) is 11.8 Å². The Hall–Kier alpha value is -3.14. The number of hydrogen-bond acceptors (Lipinski definition) is 2. The highest BCUT2D eigenvalue weighted by atomic mass is 16.2. The monoisotopic (exact) mass is 486 g/mol. The van der Waals surface area contributed by atoms with Crippen molar-refractivity contribution in [2.75, 3.05) is 0 Å². The van der Waals surface area contributed by atoms with E-state index in [1.807, 2.05) is 36.4 Å². The molecule has 0 spiro atoms. The molecule has 0 heterocycles. The molecule has 4 heteroatoms. The van der Waals surface area contributed by atoms with Crippen LogP contribution in [0.4, 0.5) is 0 Å². The standard InChI is InChI=1S/C32H42N2O2/c1-31(2,3)25-13-7-23(8-14-25)11-21-29(35)33-27-17-19-28(20-18-27)34-30(36)22-12-24-9-15-26(16-10-24)32(4,5)6/h7-16,21-22,27-28H,17-20H2,1-6H3,(H,33,35)(H,34,36). The zero-order valence-corrected chi connectivity index (χ0v) is 22.7. The second-order valence-corrected chi connectivity index (χ2v) is 12.0. The summed E-state index contributed by atoms with van der Waals surface area (Å²) < 4.78 is 0. The van der Waals surface area contributed by atoms with E-state index in [1.54, 1.807) is 12.2 Å². The van der Waals surface area contributed by atoms with Crippen LogP contribution in [0.3, 0.4) is 0 Å². The van der Waals surface area contributed by atoms with Gasteiger partial charge in [0.25, 0.3) is 0 Å². The third-order valence-electron chi connectivity index (χ3n) is 6.83. The summed E-state index contributed by atoms with van der Waals surface area (Å²) in [6.07, 6.45) is 10.4. The van der Waals surface area contributed by atoms with Gasteiger partial charge in [-0.05, 0) is 70.9 Å². The van der Waals surface area contributed by atoms with E-state index in [2.05, 4.69) is 76.4 Å². The third kappa shape index (κ3) is 8.51. The van der Waals surface area contributed by atoms with Gasteiger partial charge in [-0.25, -0.2) is 0 Å². The van der Waals surface area contributed by atoms with Crippen molar-refractivity contribution in [1.82, 2.24) is 10.6 Å². The molecule has 36 heavy (non-hydrogen) atoms. The zero-order chi connectivity index (χ0) is 26.3. The van der Waals surface area contributed by atoms with Crippen molar-refractivity contribution in [2.45, 2.75) is 90.1 Å². The molecular formula is C32H42N2O2. The molecule has 0 atom stereocenters. The predicted octanol–water partition coefficient (Wildman–Crippen LogP) is 6.55. The Morgan fingerprint density at radius 3 is 1.19 bits per heavy atom. The summed E-state index contributed by atoms with van der Waals surface area (Å²) in [6.45, 7) is 13.1. The first-order valence-electron chi connectivity index (χ1n) is 13.1. The Morgan fingerprint density at radius 1 is 0.611 bits per heavy atom. The Balaban J connectivity index is 1.40. The van der Waals surface area contributed by atoms with Crippen LogP contribution in [-0.2, 0) is 20.4 Å². The van der Waals surface area contributed by atoms with Gasteiger partial charge in [-0.2, -0.15) is 0 Å². The van der Waals surface area contributed by atoms with Gasteiger partial charge in [0.05, 0.1) is 0 Å². The number of benzene rings is 2. The number of carbonyl (C=O) groups excluding carboxylic acids is 2. The first-order chi connectivity index (χ1) is 16.9. The fourth-order valence-electron chi connectivity index (χ4n) is 4.41. The van der Waals surface area contributed by atoms with E-state index in [0.717, 1.165) is 36.8 Å². The molecule has 0 unspecified atom stereocenters. The summed E-state index contributed by atoms with van der Waals surface area (Å²) in [6, 6.07) is 17.0. The molecule has 2 aromatic rings. The molecule has 1 fully saturated rings. The van der Waals surface area contributed by atoms with E-state index in [4.69, 9.17) is 0 Å². The van der Waals surface area contributed by atoms with Gasteiger partial charge >= 0.3 is 0 Å². The van der Waals surface area contributed by atoms with Crippen molar-refractivity contribution in [2.24, 2.45) is 0 Å². The average Bonchev–Trinajstić information content (AvgIpc) is 2.82. The molecule has 0 bridgehead atoms. The lowest BCUT2D eigenvalue weighted by Crippen LogP contribution is -2.43. The third-order valence-corrected chi connectivity index (χ3v) is 6.83. The highest BCUT2D eigenvalue weighted by Gasteiger charge is 2.22. The fraction of sp³-hybridized carbons (Fsp3) is 0.438. The Bertz CT molecular complexity index is 983. The van der Waals surface area contributed by atoms with E-state index >= 15 is 0 Å². The van der Waals surface area contributed by atoms with E-state index in [1.165, 1.54) is 11.1 Å². The van der Waals surface area contributed by atoms with Crippen LogP contribution in [0.1, 0.15) is 89.5 Å². The molecule has 4 nitrogen and oxygen atoms in total. The number of carbonyl (C=O) groups is 2. The highest BCUT2D eigenvalue weighted by Crippen LogP contribution is 2.24.